The van der Waals surface area contributed by atoms with Crippen molar-refractivity contribution < 1.29 is 32.6 Å². The number of carboxylic acids is 1. The van der Waals surface area contributed by atoms with Crippen LogP contribution in [-0.2, 0) is 16.0 Å². The lowest BCUT2D eigenvalue weighted by Gasteiger charge is -2.16. The first kappa shape index (κ1) is 32.0. The Hall–Kier alpha value is -3.50. The first-order valence-corrected chi connectivity index (χ1v) is 14.5. The van der Waals surface area contributed by atoms with Crippen LogP contribution in [0.1, 0.15) is 80.3 Å². The molecule has 1 heterocycles. The zero-order valence-corrected chi connectivity index (χ0v) is 24.3. The number of thiazole rings is 1. The molecule has 3 aromatic rings. The van der Waals surface area contributed by atoms with Crippen LogP contribution in [0, 0.1) is 17.5 Å². The van der Waals surface area contributed by atoms with Crippen molar-refractivity contribution in [2.75, 3.05) is 12.4 Å². The highest BCUT2D eigenvalue weighted by Crippen LogP contribution is 2.30. The van der Waals surface area contributed by atoms with Crippen LogP contribution < -0.4 is 5.32 Å². The third kappa shape index (κ3) is 8.99. The number of unbranched alkanes of at least 4 members (excludes halogenated alkanes) is 4. The van der Waals surface area contributed by atoms with Crippen LogP contribution in [0.2, 0.25) is 0 Å². The molecule has 6 nitrogen and oxygen atoms in total. The van der Waals surface area contributed by atoms with Crippen molar-refractivity contribution in [3.8, 4) is 11.3 Å². The van der Waals surface area contributed by atoms with Crippen LogP contribution in [0.15, 0.2) is 41.3 Å². The molecule has 0 saturated carbocycles. The molecule has 3 rings (SSSR count). The van der Waals surface area contributed by atoms with Crippen molar-refractivity contribution in [2.45, 2.75) is 71.3 Å². The molecule has 0 bridgehead atoms. The van der Waals surface area contributed by atoms with Gasteiger partial charge in [0.05, 0.1) is 11.8 Å². The SMILES string of the molecule is CCCCCCCC(CCc1cccc(-c2csc(NC(=O)c3cc(F)c(C=C(C)C(=O)O)c(F)c3)n2)c1F)OC. The number of carboxylic acid groups (broad SMARTS) is 1. The van der Waals surface area contributed by atoms with E-state index in [1.165, 1.54) is 32.6 Å². The number of methoxy groups -OCH3 is 1. The molecule has 41 heavy (non-hydrogen) atoms. The number of aryl methyl sites for hydroxylation is 1. The van der Waals surface area contributed by atoms with Gasteiger partial charge in [-0.2, -0.15) is 0 Å². The number of aliphatic carboxylic acids is 1. The molecule has 220 valence electrons. The minimum atomic E-state index is -1.32. The van der Waals surface area contributed by atoms with E-state index < -0.39 is 34.9 Å². The standard InChI is InChI=1S/C31H35F3N2O4S/c1-4-5-6-7-8-11-22(40-3)14-13-20-10-9-12-23(28(20)34)27-18-41-31(35-27)36-29(37)21-16-25(32)24(26(33)17-21)15-19(2)30(38)39/h9-10,12,15-18,22H,4-8,11,13-14H2,1-3H3,(H,38,39)(H,35,36,37). The predicted molar refractivity (Wildman–Crippen MR) is 156 cm³/mol. The maximum Gasteiger partial charge on any atom is 0.331 e. The Kier molecular flexibility index (Phi) is 12.1. The van der Waals surface area contributed by atoms with Crippen LogP contribution in [0.5, 0.6) is 0 Å². The molecule has 1 atom stereocenters. The van der Waals surface area contributed by atoms with E-state index in [-0.39, 0.29) is 27.9 Å². The topological polar surface area (TPSA) is 88.5 Å². The van der Waals surface area contributed by atoms with Gasteiger partial charge >= 0.3 is 5.97 Å². The molecule has 0 spiro atoms. The summed E-state index contributed by atoms with van der Waals surface area (Å²) in [5.74, 6) is -4.69. The number of anilines is 1. The predicted octanol–water partition coefficient (Wildman–Crippen LogP) is 8.28. The van der Waals surface area contributed by atoms with Crippen LogP contribution >= 0.6 is 11.3 Å². The van der Waals surface area contributed by atoms with Gasteiger partial charge in [0, 0.05) is 34.8 Å². The number of nitrogens with one attached hydrogen (secondary N) is 1. The van der Waals surface area contributed by atoms with Crippen molar-refractivity contribution in [1.29, 1.82) is 0 Å². The summed E-state index contributed by atoms with van der Waals surface area (Å²) < 4.78 is 50.0. The number of hydrogen-bond donors (Lipinski definition) is 2. The lowest BCUT2D eigenvalue weighted by Crippen LogP contribution is -2.13. The first-order chi connectivity index (χ1) is 19.6. The summed E-state index contributed by atoms with van der Waals surface area (Å²) in [4.78, 5) is 27.9. The fourth-order valence-electron chi connectivity index (χ4n) is 4.40. The highest BCUT2D eigenvalue weighted by atomic mass is 32.1. The Morgan fingerprint density at radius 1 is 1.10 bits per heavy atom. The van der Waals surface area contributed by atoms with Gasteiger partial charge in [-0.25, -0.2) is 22.9 Å². The number of benzene rings is 2. The minimum Gasteiger partial charge on any atom is -0.478 e. The van der Waals surface area contributed by atoms with Gasteiger partial charge in [-0.1, -0.05) is 51.2 Å². The molecule has 0 saturated heterocycles. The number of aromatic nitrogens is 1. The van der Waals surface area contributed by atoms with Gasteiger partial charge in [0.15, 0.2) is 5.13 Å². The Balaban J connectivity index is 1.67. The van der Waals surface area contributed by atoms with Crippen molar-refractivity contribution in [3.63, 3.8) is 0 Å². The number of amides is 1. The zero-order chi connectivity index (χ0) is 29.9. The highest BCUT2D eigenvalue weighted by Gasteiger charge is 2.18. The summed E-state index contributed by atoms with van der Waals surface area (Å²) in [7, 11) is 1.68. The number of halogens is 3. The molecule has 0 radical (unpaired) electrons. The van der Waals surface area contributed by atoms with E-state index in [1.807, 2.05) is 0 Å². The lowest BCUT2D eigenvalue weighted by atomic mass is 9.99. The number of nitrogens with zero attached hydrogens (tertiary/aromatic N) is 1. The van der Waals surface area contributed by atoms with Gasteiger partial charge in [0.1, 0.15) is 17.5 Å². The summed E-state index contributed by atoms with van der Waals surface area (Å²) in [5.41, 5.74) is 0.0289. The maximum absolute atomic E-state index is 15.4. The molecule has 0 aliphatic carbocycles. The monoisotopic (exact) mass is 588 g/mol. The molecule has 2 aromatic carbocycles. The molecular formula is C31H35F3N2O4S. The van der Waals surface area contributed by atoms with E-state index in [4.69, 9.17) is 9.84 Å². The quantitative estimate of drug-likeness (QED) is 0.138. The fraction of sp³-hybridized carbons (Fsp3) is 0.387. The number of carbonyl (C=O) groups is 2. The Morgan fingerprint density at radius 2 is 1.80 bits per heavy atom. The summed E-state index contributed by atoms with van der Waals surface area (Å²) in [6, 6.07) is 6.73. The van der Waals surface area contributed by atoms with Gasteiger partial charge in [0.25, 0.3) is 5.91 Å². The fourth-order valence-corrected chi connectivity index (χ4v) is 5.10. The van der Waals surface area contributed by atoms with Crippen molar-refractivity contribution in [1.82, 2.24) is 4.98 Å². The third-order valence-corrected chi connectivity index (χ3v) is 7.58. The van der Waals surface area contributed by atoms with E-state index in [0.717, 1.165) is 42.4 Å². The van der Waals surface area contributed by atoms with Crippen LogP contribution in [0.3, 0.4) is 0 Å². The molecule has 0 fully saturated rings. The number of rotatable bonds is 15. The largest absolute Gasteiger partial charge is 0.478 e. The summed E-state index contributed by atoms with van der Waals surface area (Å²) >= 11 is 1.05. The Morgan fingerprint density at radius 3 is 2.46 bits per heavy atom. The average Bonchev–Trinajstić information content (AvgIpc) is 3.40. The van der Waals surface area contributed by atoms with Gasteiger partial charge in [-0.3, -0.25) is 10.1 Å². The molecule has 1 aromatic heterocycles. The minimum absolute atomic E-state index is 0.0572. The first-order valence-electron chi connectivity index (χ1n) is 13.6. The van der Waals surface area contributed by atoms with Gasteiger partial charge in [-0.05, 0) is 56.0 Å². The van der Waals surface area contributed by atoms with Crippen molar-refractivity contribution in [2.24, 2.45) is 0 Å². The normalized spacial score (nSPS) is 12.4. The van der Waals surface area contributed by atoms with Crippen molar-refractivity contribution >= 4 is 34.4 Å². The maximum atomic E-state index is 15.4. The summed E-state index contributed by atoms with van der Waals surface area (Å²) in [6.45, 7) is 3.38. The van der Waals surface area contributed by atoms with Crippen LogP contribution in [0.25, 0.3) is 17.3 Å². The molecule has 2 N–H and O–H groups in total. The molecule has 1 unspecified atom stereocenters. The molecule has 0 aliphatic rings. The lowest BCUT2D eigenvalue weighted by molar-refractivity contribution is -0.132. The molecule has 1 amide bonds. The number of ether oxygens (including phenoxy) is 1. The Labute approximate surface area is 242 Å². The van der Waals surface area contributed by atoms with Crippen molar-refractivity contribution in [3.05, 3.63) is 75.4 Å². The van der Waals surface area contributed by atoms with E-state index in [1.54, 1.807) is 30.7 Å². The van der Waals surface area contributed by atoms with E-state index >= 15 is 4.39 Å². The summed E-state index contributed by atoms with van der Waals surface area (Å²) in [6.07, 6.45) is 8.94. The molecular weight excluding hydrogens is 553 g/mol. The number of hydrogen-bond acceptors (Lipinski definition) is 5. The second-order valence-electron chi connectivity index (χ2n) is 9.86. The molecule has 10 heteroatoms. The second-order valence-corrected chi connectivity index (χ2v) is 10.7. The van der Waals surface area contributed by atoms with E-state index in [0.29, 0.717) is 24.1 Å². The van der Waals surface area contributed by atoms with Gasteiger partial charge < -0.3 is 9.84 Å². The highest BCUT2D eigenvalue weighted by molar-refractivity contribution is 7.14. The second kappa shape index (κ2) is 15.5. The van der Waals surface area contributed by atoms with Crippen LogP contribution in [-0.4, -0.2) is 35.2 Å². The molecule has 0 aliphatic heterocycles. The van der Waals surface area contributed by atoms with Gasteiger partial charge in [0.2, 0.25) is 0 Å². The van der Waals surface area contributed by atoms with E-state index in [2.05, 4.69) is 17.2 Å². The zero-order valence-electron chi connectivity index (χ0n) is 23.4. The van der Waals surface area contributed by atoms with E-state index in [9.17, 15) is 18.4 Å². The number of carbonyl (C=O) groups excluding carboxylic acids is 1. The van der Waals surface area contributed by atoms with Crippen LogP contribution in [0.4, 0.5) is 18.3 Å². The Bertz CT molecular complexity index is 1370. The smallest absolute Gasteiger partial charge is 0.331 e. The average molecular weight is 589 g/mol. The summed E-state index contributed by atoms with van der Waals surface area (Å²) in [5, 5.41) is 13.1. The third-order valence-electron chi connectivity index (χ3n) is 6.82. The van der Waals surface area contributed by atoms with Gasteiger partial charge in [-0.15, -0.1) is 11.3 Å².